The minimum atomic E-state index is -0.493. The molecule has 9 heteroatoms. The monoisotopic (exact) mass is 432 g/mol. The number of hydrogen-bond acceptors (Lipinski definition) is 7. The number of phenolic OH excluding ortho intramolecular Hbond substituents is 1. The highest BCUT2D eigenvalue weighted by atomic mass is 35.5. The molecule has 0 saturated carbocycles. The largest absolute Gasteiger partial charge is 0.504 e. The predicted octanol–water partition coefficient (Wildman–Crippen LogP) is 3.97. The summed E-state index contributed by atoms with van der Waals surface area (Å²) in [7, 11) is 0. The number of nitrogens with zero attached hydrogens (tertiary/aromatic N) is 3. The molecule has 2 heterocycles. The molecule has 2 aromatic carbocycles. The molecule has 3 aromatic rings. The molecule has 158 valence electrons. The first-order valence-corrected chi connectivity index (χ1v) is 10.1. The van der Waals surface area contributed by atoms with Gasteiger partial charge in [-0.25, -0.2) is 14.4 Å². The lowest BCUT2D eigenvalue weighted by atomic mass is 10.2. The molecule has 4 rings (SSSR count). The van der Waals surface area contributed by atoms with Gasteiger partial charge in [0.05, 0.1) is 30.4 Å². The summed E-state index contributed by atoms with van der Waals surface area (Å²) in [6.45, 7) is 4.78. The molecule has 2 N–H and O–H groups in total. The molecule has 7 nitrogen and oxygen atoms in total. The molecule has 1 aromatic heterocycles. The number of benzene rings is 2. The van der Waals surface area contributed by atoms with Crippen molar-refractivity contribution in [3.05, 3.63) is 47.5 Å². The van der Waals surface area contributed by atoms with E-state index in [0.29, 0.717) is 34.8 Å². The Bertz CT molecular complexity index is 1030. The second-order valence-corrected chi connectivity index (χ2v) is 7.38. The zero-order valence-electron chi connectivity index (χ0n) is 16.3. The van der Waals surface area contributed by atoms with Crippen molar-refractivity contribution < 1.29 is 19.0 Å². The summed E-state index contributed by atoms with van der Waals surface area (Å²) in [6, 6.07) is 7.57. The van der Waals surface area contributed by atoms with Crippen LogP contribution in [-0.2, 0) is 4.74 Å². The number of aromatic nitrogens is 2. The highest BCUT2D eigenvalue weighted by molar-refractivity contribution is 6.31. The first kappa shape index (κ1) is 20.6. The maximum absolute atomic E-state index is 13.4. The summed E-state index contributed by atoms with van der Waals surface area (Å²) in [6.07, 6.45) is 2.22. The lowest BCUT2D eigenvalue weighted by molar-refractivity contribution is 0.0357. The summed E-state index contributed by atoms with van der Waals surface area (Å²) in [5.41, 5.74) is 1.14. The highest BCUT2D eigenvalue weighted by Crippen LogP contribution is 2.34. The SMILES string of the molecule is Oc1cc2ncnc(Nc3ccc(F)c(Cl)c3)c2cc1OCCCN1CCOCC1. The average Bonchev–Trinajstić information content (AvgIpc) is 2.75. The number of fused-ring (bicyclic) bond motifs is 1. The van der Waals surface area contributed by atoms with Crippen LogP contribution in [0, 0.1) is 5.82 Å². The predicted molar refractivity (Wildman–Crippen MR) is 113 cm³/mol. The van der Waals surface area contributed by atoms with Crippen LogP contribution in [0.3, 0.4) is 0 Å². The second kappa shape index (κ2) is 9.42. The fourth-order valence-corrected chi connectivity index (χ4v) is 3.47. The van der Waals surface area contributed by atoms with Crippen molar-refractivity contribution >= 4 is 34.0 Å². The molecular formula is C21H22ClFN4O3. The number of morpholine rings is 1. The van der Waals surface area contributed by atoms with Crippen molar-refractivity contribution in [2.24, 2.45) is 0 Å². The van der Waals surface area contributed by atoms with E-state index in [1.807, 2.05) is 0 Å². The van der Waals surface area contributed by atoms with E-state index in [2.05, 4.69) is 20.2 Å². The van der Waals surface area contributed by atoms with Gasteiger partial charge in [0.2, 0.25) is 0 Å². The fraction of sp³-hybridized carbons (Fsp3) is 0.333. The standard InChI is InChI=1S/C21H22ClFN4O3/c22-16-10-14(2-3-17(16)23)26-21-15-11-20(19(28)12-18(15)24-13-25-21)30-7-1-4-27-5-8-29-9-6-27/h2-3,10-13,28H,1,4-9H2,(H,24,25,26). The van der Waals surface area contributed by atoms with Crippen LogP contribution in [0.5, 0.6) is 11.5 Å². The van der Waals surface area contributed by atoms with Gasteiger partial charge < -0.3 is 19.9 Å². The summed E-state index contributed by atoms with van der Waals surface area (Å²) in [4.78, 5) is 10.8. The third kappa shape index (κ3) is 4.89. The summed E-state index contributed by atoms with van der Waals surface area (Å²) < 4.78 is 24.6. The van der Waals surface area contributed by atoms with E-state index in [9.17, 15) is 9.50 Å². The van der Waals surface area contributed by atoms with Crippen molar-refractivity contribution in [2.45, 2.75) is 6.42 Å². The van der Waals surface area contributed by atoms with Gasteiger partial charge in [-0.1, -0.05) is 11.6 Å². The summed E-state index contributed by atoms with van der Waals surface area (Å²) >= 11 is 5.86. The van der Waals surface area contributed by atoms with Gasteiger partial charge in [-0.05, 0) is 30.7 Å². The Morgan fingerprint density at radius 1 is 1.20 bits per heavy atom. The highest BCUT2D eigenvalue weighted by Gasteiger charge is 2.13. The maximum atomic E-state index is 13.4. The van der Waals surface area contributed by atoms with Crippen molar-refractivity contribution in [1.29, 1.82) is 0 Å². The molecule has 1 saturated heterocycles. The molecule has 0 aliphatic carbocycles. The average molecular weight is 433 g/mol. The first-order valence-electron chi connectivity index (χ1n) is 9.73. The number of anilines is 2. The van der Waals surface area contributed by atoms with Crippen LogP contribution in [0.2, 0.25) is 5.02 Å². The van der Waals surface area contributed by atoms with Gasteiger partial charge in [-0.3, -0.25) is 4.90 Å². The topological polar surface area (TPSA) is 79.7 Å². The lowest BCUT2D eigenvalue weighted by Gasteiger charge is -2.26. The van der Waals surface area contributed by atoms with Crippen LogP contribution in [0.15, 0.2) is 36.7 Å². The van der Waals surface area contributed by atoms with Crippen LogP contribution in [0.1, 0.15) is 6.42 Å². The Hall–Kier alpha value is -2.68. The number of rotatable bonds is 7. The molecule has 0 spiro atoms. The van der Waals surface area contributed by atoms with Gasteiger partial charge in [0.1, 0.15) is 18.0 Å². The Labute approximate surface area is 178 Å². The maximum Gasteiger partial charge on any atom is 0.161 e. The van der Waals surface area contributed by atoms with E-state index in [0.717, 1.165) is 39.3 Å². The van der Waals surface area contributed by atoms with Gasteiger partial charge in [0, 0.05) is 36.8 Å². The van der Waals surface area contributed by atoms with Crippen LogP contribution in [0.25, 0.3) is 10.9 Å². The van der Waals surface area contributed by atoms with Crippen molar-refractivity contribution in [3.8, 4) is 11.5 Å². The van der Waals surface area contributed by atoms with Gasteiger partial charge >= 0.3 is 0 Å². The zero-order valence-corrected chi connectivity index (χ0v) is 17.0. The zero-order chi connectivity index (χ0) is 20.9. The minimum absolute atomic E-state index is 0.0142. The van der Waals surface area contributed by atoms with Crippen molar-refractivity contribution in [2.75, 3.05) is 44.8 Å². The van der Waals surface area contributed by atoms with Crippen molar-refractivity contribution in [3.63, 3.8) is 0 Å². The van der Waals surface area contributed by atoms with E-state index in [4.69, 9.17) is 21.1 Å². The van der Waals surface area contributed by atoms with E-state index < -0.39 is 5.82 Å². The Morgan fingerprint density at radius 3 is 2.83 bits per heavy atom. The Kier molecular flexibility index (Phi) is 6.47. The molecule has 0 bridgehead atoms. The smallest absolute Gasteiger partial charge is 0.161 e. The minimum Gasteiger partial charge on any atom is -0.504 e. The number of aromatic hydroxyl groups is 1. The van der Waals surface area contributed by atoms with E-state index in [1.165, 1.54) is 24.5 Å². The molecular weight excluding hydrogens is 411 g/mol. The number of phenols is 1. The van der Waals surface area contributed by atoms with Crippen LogP contribution in [-0.4, -0.2) is 59.4 Å². The first-order chi connectivity index (χ1) is 14.6. The summed E-state index contributed by atoms with van der Waals surface area (Å²) in [5, 5.41) is 14.1. The lowest BCUT2D eigenvalue weighted by Crippen LogP contribution is -2.37. The van der Waals surface area contributed by atoms with Gasteiger partial charge in [-0.2, -0.15) is 0 Å². The fourth-order valence-electron chi connectivity index (χ4n) is 3.29. The Morgan fingerprint density at radius 2 is 2.03 bits per heavy atom. The number of halogens is 2. The van der Waals surface area contributed by atoms with Gasteiger partial charge in [0.25, 0.3) is 0 Å². The Balaban J connectivity index is 1.48. The normalized spacial score (nSPS) is 14.7. The third-order valence-electron chi connectivity index (χ3n) is 4.88. The molecule has 1 fully saturated rings. The molecule has 1 aliphatic heterocycles. The number of hydrogen-bond donors (Lipinski definition) is 2. The van der Waals surface area contributed by atoms with E-state index in [-0.39, 0.29) is 10.8 Å². The number of nitrogens with one attached hydrogen (secondary N) is 1. The van der Waals surface area contributed by atoms with Crippen LogP contribution >= 0.6 is 11.6 Å². The van der Waals surface area contributed by atoms with Gasteiger partial charge in [0.15, 0.2) is 11.5 Å². The molecule has 0 unspecified atom stereocenters. The molecule has 0 radical (unpaired) electrons. The van der Waals surface area contributed by atoms with Crippen LogP contribution < -0.4 is 10.1 Å². The third-order valence-corrected chi connectivity index (χ3v) is 5.17. The van der Waals surface area contributed by atoms with Gasteiger partial charge in [-0.15, -0.1) is 0 Å². The molecule has 0 atom stereocenters. The second-order valence-electron chi connectivity index (χ2n) is 6.97. The van der Waals surface area contributed by atoms with Crippen LogP contribution in [0.4, 0.5) is 15.9 Å². The molecule has 0 amide bonds. The number of ether oxygens (including phenoxy) is 2. The van der Waals surface area contributed by atoms with Crippen molar-refractivity contribution in [1.82, 2.24) is 14.9 Å². The summed E-state index contributed by atoms with van der Waals surface area (Å²) in [5.74, 6) is 0.385. The van der Waals surface area contributed by atoms with E-state index in [1.54, 1.807) is 12.1 Å². The quantitative estimate of drug-likeness (QED) is 0.547. The molecule has 30 heavy (non-hydrogen) atoms. The van der Waals surface area contributed by atoms with E-state index >= 15 is 0 Å². The molecule has 1 aliphatic rings.